The van der Waals surface area contributed by atoms with E-state index in [2.05, 4.69) is 0 Å². The highest BCUT2D eigenvalue weighted by Gasteiger charge is 2.19. The third kappa shape index (κ3) is 5.39. The van der Waals surface area contributed by atoms with Crippen LogP contribution < -0.4 is 0 Å². The van der Waals surface area contributed by atoms with Crippen molar-refractivity contribution in [3.05, 3.63) is 35.4 Å². The Labute approximate surface area is 128 Å². The lowest BCUT2D eigenvalue weighted by Crippen LogP contribution is -2.18. The van der Waals surface area contributed by atoms with E-state index in [1.54, 1.807) is 26.0 Å². The molecule has 6 heteroatoms. The number of carbonyl (C=O) groups is 2. The van der Waals surface area contributed by atoms with Gasteiger partial charge in [0.2, 0.25) is 0 Å². The van der Waals surface area contributed by atoms with E-state index >= 15 is 0 Å². The maximum atomic E-state index is 11.9. The van der Waals surface area contributed by atoms with Crippen LogP contribution in [0.5, 0.6) is 0 Å². The standard InChI is InChI=1S/C14H16Cl2O4/c1-9(15)7-19-13(17)11-5-3-4-6-12(11)14(18)20-8-10(2)16/h3-6,9-10H,7-8H2,1-2H3. The molecule has 1 rings (SSSR count). The Morgan fingerprint density at radius 2 is 1.30 bits per heavy atom. The molecule has 0 aliphatic rings. The molecule has 2 unspecified atom stereocenters. The first-order valence-electron chi connectivity index (χ1n) is 6.13. The van der Waals surface area contributed by atoms with Crippen LogP contribution in [0, 0.1) is 0 Å². The predicted molar refractivity (Wildman–Crippen MR) is 77.6 cm³/mol. The predicted octanol–water partition coefficient (Wildman–Crippen LogP) is 3.25. The maximum Gasteiger partial charge on any atom is 0.339 e. The Kier molecular flexibility index (Phi) is 6.82. The van der Waals surface area contributed by atoms with E-state index < -0.39 is 11.9 Å². The molecule has 0 heterocycles. The Balaban J connectivity index is 2.82. The zero-order chi connectivity index (χ0) is 15.1. The monoisotopic (exact) mass is 318 g/mol. The van der Waals surface area contributed by atoms with Crippen LogP contribution in [0.2, 0.25) is 0 Å². The second kappa shape index (κ2) is 8.12. The molecule has 0 saturated heterocycles. The fourth-order valence-corrected chi connectivity index (χ4v) is 1.50. The number of hydrogen-bond acceptors (Lipinski definition) is 4. The van der Waals surface area contributed by atoms with Gasteiger partial charge in [0.1, 0.15) is 13.2 Å². The van der Waals surface area contributed by atoms with Gasteiger partial charge in [0, 0.05) is 0 Å². The molecule has 2 atom stereocenters. The Morgan fingerprint density at radius 1 is 0.950 bits per heavy atom. The van der Waals surface area contributed by atoms with Crippen molar-refractivity contribution in [2.24, 2.45) is 0 Å². The van der Waals surface area contributed by atoms with Gasteiger partial charge in [-0.15, -0.1) is 23.2 Å². The van der Waals surface area contributed by atoms with Crippen molar-refractivity contribution in [1.82, 2.24) is 0 Å². The lowest BCUT2D eigenvalue weighted by Gasteiger charge is -2.10. The summed E-state index contributed by atoms with van der Waals surface area (Å²) in [5, 5.41) is -0.592. The van der Waals surface area contributed by atoms with Gasteiger partial charge in [-0.3, -0.25) is 0 Å². The first-order chi connectivity index (χ1) is 9.41. The summed E-state index contributed by atoms with van der Waals surface area (Å²) in [6.07, 6.45) is 0. The minimum atomic E-state index is -0.607. The van der Waals surface area contributed by atoms with Crippen molar-refractivity contribution in [3.8, 4) is 0 Å². The zero-order valence-corrected chi connectivity index (χ0v) is 12.8. The molecule has 0 N–H and O–H groups in total. The van der Waals surface area contributed by atoms with Crippen molar-refractivity contribution in [2.45, 2.75) is 24.6 Å². The Hall–Kier alpha value is -1.26. The van der Waals surface area contributed by atoms with Gasteiger partial charge in [0.15, 0.2) is 0 Å². The molecule has 110 valence electrons. The van der Waals surface area contributed by atoms with Crippen molar-refractivity contribution >= 4 is 35.1 Å². The van der Waals surface area contributed by atoms with E-state index in [4.69, 9.17) is 32.7 Å². The van der Waals surface area contributed by atoms with Gasteiger partial charge in [-0.2, -0.15) is 0 Å². The van der Waals surface area contributed by atoms with Crippen LogP contribution in [0.25, 0.3) is 0 Å². The number of hydrogen-bond donors (Lipinski definition) is 0. The van der Waals surface area contributed by atoms with E-state index in [0.29, 0.717) is 0 Å². The Bertz CT molecular complexity index is 429. The van der Waals surface area contributed by atoms with E-state index in [0.717, 1.165) is 0 Å². The molecule has 0 fully saturated rings. The first-order valence-corrected chi connectivity index (χ1v) is 7.00. The largest absolute Gasteiger partial charge is 0.461 e. The molecule has 0 aliphatic heterocycles. The third-order valence-electron chi connectivity index (χ3n) is 2.26. The SMILES string of the molecule is CC(Cl)COC(=O)c1ccccc1C(=O)OCC(C)Cl. The summed E-state index contributed by atoms with van der Waals surface area (Å²) < 4.78 is 10.0. The molecular formula is C14H16Cl2O4. The summed E-state index contributed by atoms with van der Waals surface area (Å²) in [6.45, 7) is 3.55. The number of carbonyl (C=O) groups excluding carboxylic acids is 2. The van der Waals surface area contributed by atoms with Crippen LogP contribution in [0.1, 0.15) is 34.6 Å². The van der Waals surface area contributed by atoms with Crippen LogP contribution in [-0.2, 0) is 9.47 Å². The fraction of sp³-hybridized carbons (Fsp3) is 0.429. The van der Waals surface area contributed by atoms with Gasteiger partial charge in [0.05, 0.1) is 21.9 Å². The van der Waals surface area contributed by atoms with Gasteiger partial charge in [-0.1, -0.05) is 12.1 Å². The van der Waals surface area contributed by atoms with Gasteiger partial charge >= 0.3 is 11.9 Å². The Morgan fingerprint density at radius 3 is 1.60 bits per heavy atom. The second-order valence-electron chi connectivity index (χ2n) is 4.30. The molecule has 1 aromatic rings. The average Bonchev–Trinajstić information content (AvgIpc) is 2.42. The highest BCUT2D eigenvalue weighted by molar-refractivity contribution is 6.20. The number of rotatable bonds is 6. The molecule has 20 heavy (non-hydrogen) atoms. The molecule has 0 saturated carbocycles. The van der Waals surface area contributed by atoms with E-state index in [1.807, 2.05) is 0 Å². The number of alkyl halides is 2. The summed E-state index contributed by atoms with van der Waals surface area (Å²) in [5.74, 6) is -1.21. The minimum absolute atomic E-state index is 0.0719. The minimum Gasteiger partial charge on any atom is -0.461 e. The van der Waals surface area contributed by atoms with Crippen molar-refractivity contribution < 1.29 is 19.1 Å². The molecule has 0 spiro atoms. The summed E-state index contributed by atoms with van der Waals surface area (Å²) in [7, 11) is 0. The third-order valence-corrected chi connectivity index (χ3v) is 2.51. The van der Waals surface area contributed by atoms with Crippen molar-refractivity contribution in [3.63, 3.8) is 0 Å². The quantitative estimate of drug-likeness (QED) is 0.596. The van der Waals surface area contributed by atoms with Crippen LogP contribution in [0.15, 0.2) is 24.3 Å². The van der Waals surface area contributed by atoms with Gasteiger partial charge in [-0.25, -0.2) is 9.59 Å². The molecule has 0 amide bonds. The normalized spacial score (nSPS) is 13.4. The molecule has 0 aliphatic carbocycles. The van der Waals surface area contributed by atoms with Crippen LogP contribution in [0.4, 0.5) is 0 Å². The summed E-state index contributed by atoms with van der Waals surface area (Å²) >= 11 is 11.4. The number of halogens is 2. The van der Waals surface area contributed by atoms with E-state index in [-0.39, 0.29) is 35.1 Å². The number of esters is 2. The molecule has 4 nitrogen and oxygen atoms in total. The lowest BCUT2D eigenvalue weighted by molar-refractivity contribution is 0.0461. The van der Waals surface area contributed by atoms with Crippen LogP contribution in [0.3, 0.4) is 0 Å². The van der Waals surface area contributed by atoms with Crippen molar-refractivity contribution in [2.75, 3.05) is 13.2 Å². The van der Waals surface area contributed by atoms with Crippen LogP contribution >= 0.6 is 23.2 Å². The topological polar surface area (TPSA) is 52.6 Å². The molecule has 0 aromatic heterocycles. The second-order valence-corrected chi connectivity index (χ2v) is 5.79. The highest BCUT2D eigenvalue weighted by atomic mass is 35.5. The molecular weight excluding hydrogens is 303 g/mol. The van der Waals surface area contributed by atoms with E-state index in [9.17, 15) is 9.59 Å². The van der Waals surface area contributed by atoms with Gasteiger partial charge in [-0.05, 0) is 26.0 Å². The fourth-order valence-electron chi connectivity index (χ4n) is 1.38. The first kappa shape index (κ1) is 16.8. The smallest absolute Gasteiger partial charge is 0.339 e. The molecule has 0 bridgehead atoms. The maximum absolute atomic E-state index is 11.9. The van der Waals surface area contributed by atoms with Gasteiger partial charge in [0.25, 0.3) is 0 Å². The van der Waals surface area contributed by atoms with E-state index in [1.165, 1.54) is 12.1 Å². The van der Waals surface area contributed by atoms with Gasteiger partial charge < -0.3 is 9.47 Å². The highest BCUT2D eigenvalue weighted by Crippen LogP contribution is 2.13. The summed E-state index contributed by atoms with van der Waals surface area (Å²) in [5.41, 5.74) is 0.300. The summed E-state index contributed by atoms with van der Waals surface area (Å²) in [4.78, 5) is 23.8. The lowest BCUT2D eigenvalue weighted by atomic mass is 10.1. The molecule has 0 radical (unpaired) electrons. The average molecular weight is 319 g/mol. The summed E-state index contributed by atoms with van der Waals surface area (Å²) in [6, 6.07) is 6.28. The van der Waals surface area contributed by atoms with Crippen molar-refractivity contribution in [1.29, 1.82) is 0 Å². The number of ether oxygens (including phenoxy) is 2. The van der Waals surface area contributed by atoms with Crippen LogP contribution in [-0.4, -0.2) is 35.9 Å². The zero-order valence-electron chi connectivity index (χ0n) is 11.3. The number of benzene rings is 1. The molecule has 1 aromatic carbocycles.